The van der Waals surface area contributed by atoms with Crippen molar-refractivity contribution in [2.24, 2.45) is 5.92 Å². The molecule has 322 valence electrons. The number of fused-ring (bicyclic) bond motifs is 3. The largest absolute Gasteiger partial charge is 0.462 e. The Morgan fingerprint density at radius 2 is 1.43 bits per heavy atom. The standard InChI is InChI=1S/C46H58N4O10/c1-3-5-23-41(50-46(56)60-32-40-38-21-11-9-19-36(38)37-20-10-12-22-39(37)40)44(54)58-31-35(18-13-14-24-48-45(55)59-30-33-16-7-6-8-17-33)49-43(53)34(15-4-2)29-42(52)47-25-27-57-28-26-51/h3-4,6-12,16-17,19-22,34-35,40-41,51H,1-2,5,13-15,18,23-32H2,(H,47,52)(H,48,55)(H,49,53)(H,50,56)/t34-,35-,41-/m0/s1. The first-order valence-electron chi connectivity index (χ1n) is 20.4. The molecule has 0 aliphatic heterocycles. The van der Waals surface area contributed by atoms with E-state index in [4.69, 9.17) is 24.1 Å². The topological polar surface area (TPSA) is 191 Å². The third kappa shape index (κ3) is 15.6. The Morgan fingerprint density at radius 1 is 0.733 bits per heavy atom. The first-order chi connectivity index (χ1) is 29.2. The van der Waals surface area contributed by atoms with Gasteiger partial charge in [-0.25, -0.2) is 14.4 Å². The molecule has 3 aromatic carbocycles. The van der Waals surface area contributed by atoms with Crippen LogP contribution in [0.1, 0.15) is 67.6 Å². The van der Waals surface area contributed by atoms with E-state index in [1.165, 1.54) is 0 Å². The molecule has 1 aliphatic rings. The Kier molecular flexibility index (Phi) is 20.4. The number of rotatable bonds is 27. The van der Waals surface area contributed by atoms with Crippen LogP contribution in [0.3, 0.4) is 0 Å². The molecular formula is C46H58N4O10. The summed E-state index contributed by atoms with van der Waals surface area (Å²) in [6.07, 6.45) is 3.99. The summed E-state index contributed by atoms with van der Waals surface area (Å²) in [5, 5.41) is 19.9. The SMILES string of the molecule is C=CCC[C@H](NC(=O)OCC1c2ccccc2-c2ccccc21)C(=O)OC[C@H](CCCCNC(=O)OCc1ccccc1)NC(=O)[C@@H](CC=C)CC(=O)NCCOCCO. The fraction of sp³-hybridized carbons (Fsp3) is 0.413. The minimum Gasteiger partial charge on any atom is -0.462 e. The number of nitrogens with one attached hydrogen (secondary N) is 4. The number of ether oxygens (including phenoxy) is 4. The van der Waals surface area contributed by atoms with Crippen molar-refractivity contribution in [1.29, 1.82) is 0 Å². The molecule has 0 fully saturated rings. The van der Waals surface area contributed by atoms with E-state index in [-0.39, 0.29) is 77.3 Å². The Labute approximate surface area is 352 Å². The number of alkyl carbamates (subject to hydrolysis) is 2. The van der Waals surface area contributed by atoms with Crippen molar-refractivity contribution in [3.05, 3.63) is 121 Å². The summed E-state index contributed by atoms with van der Waals surface area (Å²) >= 11 is 0. The smallest absolute Gasteiger partial charge is 0.407 e. The van der Waals surface area contributed by atoms with Gasteiger partial charge in [-0.1, -0.05) is 91.0 Å². The quantitative estimate of drug-likeness (QED) is 0.0276. The maximum absolute atomic E-state index is 13.6. The molecule has 0 saturated carbocycles. The summed E-state index contributed by atoms with van der Waals surface area (Å²) in [7, 11) is 0. The lowest BCUT2D eigenvalue weighted by Gasteiger charge is -2.24. The van der Waals surface area contributed by atoms with Gasteiger partial charge in [0.25, 0.3) is 0 Å². The highest BCUT2D eigenvalue weighted by atomic mass is 16.6. The lowest BCUT2D eigenvalue weighted by atomic mass is 9.98. The predicted molar refractivity (Wildman–Crippen MR) is 227 cm³/mol. The van der Waals surface area contributed by atoms with Crippen molar-refractivity contribution in [2.75, 3.05) is 46.1 Å². The zero-order chi connectivity index (χ0) is 43.0. The van der Waals surface area contributed by atoms with Crippen molar-refractivity contribution in [3.63, 3.8) is 0 Å². The van der Waals surface area contributed by atoms with Gasteiger partial charge < -0.3 is 45.3 Å². The summed E-state index contributed by atoms with van der Waals surface area (Å²) in [6, 6.07) is 23.6. The third-order valence-electron chi connectivity index (χ3n) is 9.87. The van der Waals surface area contributed by atoms with Crippen molar-refractivity contribution >= 4 is 30.0 Å². The highest BCUT2D eigenvalue weighted by Gasteiger charge is 2.31. The van der Waals surface area contributed by atoms with Crippen molar-refractivity contribution in [3.8, 4) is 11.1 Å². The molecule has 4 amide bonds. The second-order valence-electron chi connectivity index (χ2n) is 14.3. The van der Waals surface area contributed by atoms with Crippen LogP contribution in [0, 0.1) is 5.92 Å². The van der Waals surface area contributed by atoms with Crippen LogP contribution in [0.4, 0.5) is 9.59 Å². The van der Waals surface area contributed by atoms with Gasteiger partial charge in [-0.3, -0.25) is 9.59 Å². The molecule has 0 saturated heterocycles. The van der Waals surface area contributed by atoms with Crippen LogP contribution < -0.4 is 21.3 Å². The van der Waals surface area contributed by atoms with E-state index in [2.05, 4.69) is 34.4 Å². The molecule has 0 bridgehead atoms. The van der Waals surface area contributed by atoms with E-state index in [9.17, 15) is 24.0 Å². The number of aliphatic hydroxyl groups is 1. The van der Waals surface area contributed by atoms with E-state index in [1.807, 2.05) is 78.9 Å². The molecule has 0 unspecified atom stereocenters. The van der Waals surface area contributed by atoms with Crippen LogP contribution in [0.15, 0.2) is 104 Å². The monoisotopic (exact) mass is 826 g/mol. The van der Waals surface area contributed by atoms with Gasteiger partial charge in [0.2, 0.25) is 11.8 Å². The van der Waals surface area contributed by atoms with Gasteiger partial charge in [-0.05, 0) is 66.3 Å². The third-order valence-corrected chi connectivity index (χ3v) is 9.87. The summed E-state index contributed by atoms with van der Waals surface area (Å²) < 4.78 is 21.9. The molecule has 14 heteroatoms. The first kappa shape index (κ1) is 46.7. The molecule has 4 rings (SSSR count). The molecule has 0 spiro atoms. The Hall–Kier alpha value is -5.99. The van der Waals surface area contributed by atoms with E-state index in [0.29, 0.717) is 32.2 Å². The van der Waals surface area contributed by atoms with Gasteiger partial charge in [-0.2, -0.15) is 0 Å². The molecule has 1 aliphatic carbocycles. The molecule has 3 aromatic rings. The second kappa shape index (κ2) is 26.2. The molecule has 5 N–H and O–H groups in total. The highest BCUT2D eigenvalue weighted by Crippen LogP contribution is 2.44. The lowest BCUT2D eigenvalue weighted by Crippen LogP contribution is -2.46. The summed E-state index contributed by atoms with van der Waals surface area (Å²) in [5.41, 5.74) is 5.16. The summed E-state index contributed by atoms with van der Waals surface area (Å²) in [6.45, 7) is 8.22. The van der Waals surface area contributed by atoms with E-state index >= 15 is 0 Å². The molecule has 0 radical (unpaired) electrons. The van der Waals surface area contributed by atoms with Crippen LogP contribution in [0.5, 0.6) is 0 Å². The normalized spacial score (nSPS) is 13.0. The number of carbonyl (C=O) groups excluding carboxylic acids is 5. The maximum atomic E-state index is 13.6. The Balaban J connectivity index is 1.34. The number of benzene rings is 3. The lowest BCUT2D eigenvalue weighted by molar-refractivity contribution is -0.147. The number of hydrogen-bond donors (Lipinski definition) is 5. The fourth-order valence-electron chi connectivity index (χ4n) is 6.81. The first-order valence-corrected chi connectivity index (χ1v) is 20.4. The average molecular weight is 827 g/mol. The van der Waals surface area contributed by atoms with Crippen molar-refractivity contribution in [1.82, 2.24) is 21.3 Å². The zero-order valence-corrected chi connectivity index (χ0v) is 34.1. The van der Waals surface area contributed by atoms with Crippen LogP contribution in [0.25, 0.3) is 11.1 Å². The summed E-state index contributed by atoms with van der Waals surface area (Å²) in [4.78, 5) is 65.2. The second-order valence-corrected chi connectivity index (χ2v) is 14.3. The molecule has 0 heterocycles. The minimum absolute atomic E-state index is 0.0676. The number of unbranched alkanes of at least 4 members (excludes halogenated alkanes) is 1. The van der Waals surface area contributed by atoms with Crippen LogP contribution in [-0.4, -0.2) is 93.3 Å². The Morgan fingerprint density at radius 3 is 2.12 bits per heavy atom. The molecule has 0 aromatic heterocycles. The maximum Gasteiger partial charge on any atom is 0.407 e. The summed E-state index contributed by atoms with van der Waals surface area (Å²) in [5.74, 6) is -2.41. The number of aliphatic hydroxyl groups excluding tert-OH is 1. The molecule has 14 nitrogen and oxygen atoms in total. The Bertz CT molecular complexity index is 1810. The molecule has 3 atom stereocenters. The van der Waals surface area contributed by atoms with E-state index < -0.39 is 42.1 Å². The minimum atomic E-state index is -1.06. The zero-order valence-electron chi connectivity index (χ0n) is 34.1. The number of hydrogen-bond acceptors (Lipinski definition) is 10. The van der Waals surface area contributed by atoms with Gasteiger partial charge >= 0.3 is 18.2 Å². The van der Waals surface area contributed by atoms with Gasteiger partial charge in [0.1, 0.15) is 25.9 Å². The molecular weight excluding hydrogens is 769 g/mol. The molecule has 60 heavy (non-hydrogen) atoms. The van der Waals surface area contributed by atoms with Crippen molar-refractivity contribution < 1.29 is 48.0 Å². The number of carbonyl (C=O) groups is 5. The average Bonchev–Trinajstić information content (AvgIpc) is 3.58. The van der Waals surface area contributed by atoms with Gasteiger partial charge in [0.05, 0.1) is 31.8 Å². The van der Waals surface area contributed by atoms with Crippen LogP contribution in [-0.2, 0) is 39.9 Å². The van der Waals surface area contributed by atoms with Crippen molar-refractivity contribution in [2.45, 2.75) is 69.6 Å². The van der Waals surface area contributed by atoms with E-state index in [1.54, 1.807) is 12.2 Å². The van der Waals surface area contributed by atoms with Gasteiger partial charge in [0, 0.05) is 25.4 Å². The predicted octanol–water partition coefficient (Wildman–Crippen LogP) is 5.69. The number of allylic oxidation sites excluding steroid dienone is 2. The van der Waals surface area contributed by atoms with Gasteiger partial charge in [0.15, 0.2) is 0 Å². The number of esters is 1. The van der Waals surface area contributed by atoms with Crippen LogP contribution in [0.2, 0.25) is 0 Å². The van der Waals surface area contributed by atoms with Gasteiger partial charge in [-0.15, -0.1) is 13.2 Å². The number of amides is 4. The van der Waals surface area contributed by atoms with Crippen LogP contribution >= 0.6 is 0 Å². The fourth-order valence-corrected chi connectivity index (χ4v) is 6.81. The highest BCUT2D eigenvalue weighted by molar-refractivity contribution is 5.86. The van der Waals surface area contributed by atoms with E-state index in [0.717, 1.165) is 27.8 Å².